The van der Waals surface area contributed by atoms with E-state index in [0.717, 1.165) is 52.4 Å². The highest BCUT2D eigenvalue weighted by atomic mass is 16.5. The molecule has 34 heavy (non-hydrogen) atoms. The number of anilines is 4. The number of ether oxygens (including phenoxy) is 1. The van der Waals surface area contributed by atoms with Crippen molar-refractivity contribution in [1.29, 1.82) is 0 Å². The molecule has 1 N–H and O–H groups in total. The Morgan fingerprint density at radius 3 is 2.50 bits per heavy atom. The van der Waals surface area contributed by atoms with Gasteiger partial charge in [-0.1, -0.05) is 12.1 Å². The molecule has 0 amide bonds. The van der Waals surface area contributed by atoms with Crippen LogP contribution in [0.3, 0.4) is 0 Å². The number of morpholine rings is 1. The number of aromatic nitrogens is 3. The predicted octanol–water partition coefficient (Wildman–Crippen LogP) is 5.06. The number of nitrogens with one attached hydrogen (secondary N) is 1. The molecule has 1 aliphatic heterocycles. The summed E-state index contributed by atoms with van der Waals surface area (Å²) < 4.78 is 7.82. The lowest BCUT2D eigenvalue weighted by atomic mass is 10.0. The third-order valence-electron chi connectivity index (χ3n) is 6.25. The minimum absolute atomic E-state index is 0.226. The molecule has 0 spiro atoms. The summed E-state index contributed by atoms with van der Waals surface area (Å²) >= 11 is 0. The van der Waals surface area contributed by atoms with Gasteiger partial charge in [0.15, 0.2) is 5.82 Å². The lowest BCUT2D eigenvalue weighted by Gasteiger charge is -2.37. The van der Waals surface area contributed by atoms with E-state index in [0.29, 0.717) is 0 Å². The number of aryl methyl sites for hydroxylation is 1. The van der Waals surface area contributed by atoms with Crippen molar-refractivity contribution in [2.24, 2.45) is 7.05 Å². The second-order valence-electron chi connectivity index (χ2n) is 9.34. The number of rotatable bonds is 5. The molecule has 2 aromatic carbocycles. The van der Waals surface area contributed by atoms with Gasteiger partial charge in [0.05, 0.1) is 17.7 Å². The fourth-order valence-electron chi connectivity index (χ4n) is 4.75. The molecular weight excluding hydrogens is 424 g/mol. The van der Waals surface area contributed by atoms with E-state index >= 15 is 0 Å². The smallest absolute Gasteiger partial charge is 0.158 e. The topological polar surface area (TPSA) is 58.5 Å². The third-order valence-corrected chi connectivity index (χ3v) is 6.25. The zero-order valence-corrected chi connectivity index (χ0v) is 20.5. The van der Waals surface area contributed by atoms with E-state index < -0.39 is 0 Å². The molecule has 1 fully saturated rings. The first-order valence-electron chi connectivity index (χ1n) is 11.8. The Bertz CT molecular complexity index is 1300. The molecule has 0 saturated carbocycles. The van der Waals surface area contributed by atoms with Crippen LogP contribution in [0.1, 0.15) is 13.8 Å². The molecule has 7 nitrogen and oxygen atoms in total. The molecule has 7 heteroatoms. The number of benzene rings is 2. The minimum Gasteiger partial charge on any atom is -0.372 e. The molecule has 1 aliphatic rings. The molecule has 5 rings (SSSR count). The van der Waals surface area contributed by atoms with Crippen LogP contribution in [-0.4, -0.2) is 54.2 Å². The van der Waals surface area contributed by atoms with Gasteiger partial charge in [0.25, 0.3) is 0 Å². The first-order chi connectivity index (χ1) is 16.4. The van der Waals surface area contributed by atoms with Crippen LogP contribution in [0.4, 0.5) is 23.0 Å². The Labute approximate surface area is 201 Å². The van der Waals surface area contributed by atoms with Gasteiger partial charge in [-0.25, -0.2) is 4.98 Å². The quantitative estimate of drug-likeness (QED) is 0.453. The molecule has 0 radical (unpaired) electrons. The van der Waals surface area contributed by atoms with E-state index in [1.807, 2.05) is 38.1 Å². The van der Waals surface area contributed by atoms with Crippen LogP contribution in [-0.2, 0) is 11.8 Å². The lowest BCUT2D eigenvalue weighted by Crippen LogP contribution is -2.45. The Balaban J connectivity index is 1.41. The molecule has 3 heterocycles. The van der Waals surface area contributed by atoms with Crippen LogP contribution >= 0.6 is 0 Å². The summed E-state index contributed by atoms with van der Waals surface area (Å²) in [5.41, 5.74) is 5.58. The van der Waals surface area contributed by atoms with Crippen LogP contribution in [0.2, 0.25) is 0 Å². The fraction of sp³-hybridized carbons (Fsp3) is 0.333. The van der Waals surface area contributed by atoms with Gasteiger partial charge in [-0.15, -0.1) is 0 Å². The van der Waals surface area contributed by atoms with Crippen molar-refractivity contribution in [2.45, 2.75) is 26.1 Å². The Morgan fingerprint density at radius 2 is 1.74 bits per heavy atom. The first-order valence-corrected chi connectivity index (χ1v) is 11.8. The summed E-state index contributed by atoms with van der Waals surface area (Å²) in [4.78, 5) is 9.01. The Hall–Kier alpha value is -3.58. The molecule has 2 atom stereocenters. The maximum Gasteiger partial charge on any atom is 0.158 e. The van der Waals surface area contributed by atoms with Crippen LogP contribution in [0, 0.1) is 0 Å². The third kappa shape index (κ3) is 4.43. The fourth-order valence-corrected chi connectivity index (χ4v) is 4.75. The highest BCUT2D eigenvalue weighted by Gasteiger charge is 2.22. The highest BCUT2D eigenvalue weighted by Crippen LogP contribution is 2.31. The number of nitrogens with zero attached hydrogens (tertiary/aromatic N) is 5. The van der Waals surface area contributed by atoms with E-state index in [1.54, 1.807) is 0 Å². The molecule has 0 unspecified atom stereocenters. The van der Waals surface area contributed by atoms with Gasteiger partial charge in [0.2, 0.25) is 0 Å². The Kier molecular flexibility index (Phi) is 5.87. The second-order valence-corrected chi connectivity index (χ2v) is 9.34. The van der Waals surface area contributed by atoms with E-state index in [-0.39, 0.29) is 12.2 Å². The largest absolute Gasteiger partial charge is 0.372 e. The number of hydrogen-bond donors (Lipinski definition) is 1. The summed E-state index contributed by atoms with van der Waals surface area (Å²) in [6.45, 7) is 6.05. The standard InChI is InChI=1S/C27H32N6O/c1-18-16-33(17-19(2)34-18)23-8-6-7-22(15-23)29-26-14-21(11-12-28-26)20-9-10-25-24(13-20)27(31(3)4)30-32(25)5/h6-15,18-19H,16-17H2,1-5H3,(H,28,29)/t18-,19+. The van der Waals surface area contributed by atoms with Crippen molar-refractivity contribution < 1.29 is 4.74 Å². The average molecular weight is 457 g/mol. The summed E-state index contributed by atoms with van der Waals surface area (Å²) in [5.74, 6) is 1.78. The summed E-state index contributed by atoms with van der Waals surface area (Å²) in [5, 5.41) is 9.29. The molecule has 176 valence electrons. The van der Waals surface area contributed by atoms with Crippen LogP contribution < -0.4 is 15.1 Å². The molecule has 1 saturated heterocycles. The van der Waals surface area contributed by atoms with Crippen molar-refractivity contribution in [3.8, 4) is 11.1 Å². The predicted molar refractivity (Wildman–Crippen MR) is 140 cm³/mol. The molecular formula is C27H32N6O. The van der Waals surface area contributed by atoms with Gasteiger partial charge in [0.1, 0.15) is 5.82 Å². The van der Waals surface area contributed by atoms with Gasteiger partial charge < -0.3 is 19.9 Å². The van der Waals surface area contributed by atoms with Gasteiger partial charge in [-0.2, -0.15) is 5.10 Å². The van der Waals surface area contributed by atoms with Crippen molar-refractivity contribution in [1.82, 2.24) is 14.8 Å². The van der Waals surface area contributed by atoms with E-state index in [4.69, 9.17) is 4.74 Å². The van der Waals surface area contributed by atoms with Gasteiger partial charge in [-0.3, -0.25) is 4.68 Å². The van der Waals surface area contributed by atoms with Crippen molar-refractivity contribution in [2.75, 3.05) is 42.3 Å². The maximum absolute atomic E-state index is 5.89. The van der Waals surface area contributed by atoms with Crippen LogP contribution in [0.25, 0.3) is 22.0 Å². The number of fused-ring (bicyclic) bond motifs is 1. The van der Waals surface area contributed by atoms with Crippen molar-refractivity contribution in [3.05, 3.63) is 60.8 Å². The normalized spacial score (nSPS) is 18.3. The van der Waals surface area contributed by atoms with Crippen LogP contribution in [0.5, 0.6) is 0 Å². The maximum atomic E-state index is 5.89. The monoisotopic (exact) mass is 456 g/mol. The highest BCUT2D eigenvalue weighted by molar-refractivity contribution is 5.94. The van der Waals surface area contributed by atoms with E-state index in [2.05, 4.69) is 87.6 Å². The Morgan fingerprint density at radius 1 is 0.971 bits per heavy atom. The first kappa shape index (κ1) is 22.2. The summed E-state index contributed by atoms with van der Waals surface area (Å²) in [6, 6.07) is 19.1. The zero-order chi connectivity index (χ0) is 23.8. The van der Waals surface area contributed by atoms with Gasteiger partial charge >= 0.3 is 0 Å². The van der Waals surface area contributed by atoms with Gasteiger partial charge in [0, 0.05) is 57.2 Å². The number of pyridine rings is 1. The van der Waals surface area contributed by atoms with E-state index in [9.17, 15) is 0 Å². The van der Waals surface area contributed by atoms with E-state index in [1.165, 1.54) is 5.69 Å². The molecule has 2 aromatic heterocycles. The summed E-state index contributed by atoms with van der Waals surface area (Å²) in [7, 11) is 6.03. The van der Waals surface area contributed by atoms with Crippen molar-refractivity contribution >= 4 is 33.9 Å². The van der Waals surface area contributed by atoms with Crippen molar-refractivity contribution in [3.63, 3.8) is 0 Å². The minimum atomic E-state index is 0.226. The molecule has 0 bridgehead atoms. The van der Waals surface area contributed by atoms with Crippen LogP contribution in [0.15, 0.2) is 60.8 Å². The second kappa shape index (κ2) is 8.99. The molecule has 0 aliphatic carbocycles. The van der Waals surface area contributed by atoms with Gasteiger partial charge in [-0.05, 0) is 67.4 Å². The molecule has 4 aromatic rings. The lowest BCUT2D eigenvalue weighted by molar-refractivity contribution is -0.00521. The average Bonchev–Trinajstić information content (AvgIpc) is 3.15. The zero-order valence-electron chi connectivity index (χ0n) is 20.5. The summed E-state index contributed by atoms with van der Waals surface area (Å²) in [6.07, 6.45) is 2.31. The number of hydrogen-bond acceptors (Lipinski definition) is 6. The SMILES string of the molecule is C[C@@H]1CN(c2cccc(Nc3cc(-c4ccc5c(c4)c(N(C)C)nn5C)ccn3)c2)C[C@H](C)O1.